The van der Waals surface area contributed by atoms with E-state index in [2.05, 4.69) is 0 Å². The van der Waals surface area contributed by atoms with Crippen molar-refractivity contribution in [2.24, 2.45) is 0 Å². The Balaban J connectivity index is 1.46. The van der Waals surface area contributed by atoms with Crippen molar-refractivity contribution in [3.05, 3.63) is 46.0 Å². The second-order valence-electron chi connectivity index (χ2n) is 5.66. The zero-order valence-electron chi connectivity index (χ0n) is 13.8. The van der Waals surface area contributed by atoms with E-state index in [-0.39, 0.29) is 18.4 Å². The van der Waals surface area contributed by atoms with E-state index < -0.39 is 5.97 Å². The molecule has 0 N–H and O–H groups in total. The number of piperazine rings is 1. The first-order valence-electron chi connectivity index (χ1n) is 7.88. The average molecular weight is 362 g/mol. The maximum absolute atomic E-state index is 12.2. The van der Waals surface area contributed by atoms with Crippen molar-refractivity contribution in [3.63, 3.8) is 0 Å². The number of aryl methyl sites for hydroxylation is 1. The normalized spacial score (nSPS) is 14.4. The minimum absolute atomic E-state index is 0.184. The van der Waals surface area contributed by atoms with Crippen LogP contribution in [0.15, 0.2) is 34.3 Å². The van der Waals surface area contributed by atoms with Gasteiger partial charge in [-0.1, -0.05) is 0 Å². The quantitative estimate of drug-likeness (QED) is 0.775. The van der Waals surface area contributed by atoms with Crippen molar-refractivity contribution >= 4 is 29.1 Å². The maximum atomic E-state index is 12.2. The van der Waals surface area contributed by atoms with E-state index in [1.807, 2.05) is 18.4 Å². The maximum Gasteiger partial charge on any atom is 0.349 e. The monoisotopic (exact) mass is 362 g/mol. The van der Waals surface area contributed by atoms with E-state index in [9.17, 15) is 14.4 Å². The molecule has 0 aromatic carbocycles. The lowest BCUT2D eigenvalue weighted by Gasteiger charge is -2.34. The number of esters is 1. The van der Waals surface area contributed by atoms with Crippen LogP contribution >= 0.6 is 11.3 Å². The fraction of sp³-hybridized carbons (Fsp3) is 0.353. The van der Waals surface area contributed by atoms with Gasteiger partial charge in [-0.15, -0.1) is 11.3 Å². The number of hydrogen-bond donors (Lipinski definition) is 0. The van der Waals surface area contributed by atoms with E-state index in [0.29, 0.717) is 36.8 Å². The minimum atomic E-state index is -0.479. The lowest BCUT2D eigenvalue weighted by atomic mass is 10.3. The van der Waals surface area contributed by atoms with Crippen LogP contribution < -0.4 is 0 Å². The second kappa shape index (κ2) is 7.52. The molecular formula is C17H18N2O5S. The highest BCUT2D eigenvalue weighted by atomic mass is 32.1. The molecule has 1 saturated heterocycles. The molecule has 0 saturated carbocycles. The molecule has 2 aromatic rings. The molecule has 0 atom stereocenters. The van der Waals surface area contributed by atoms with E-state index in [1.54, 1.807) is 21.9 Å². The molecule has 8 heteroatoms. The lowest BCUT2D eigenvalue weighted by Crippen LogP contribution is -2.51. The Morgan fingerprint density at radius 1 is 1.16 bits per heavy atom. The highest BCUT2D eigenvalue weighted by Crippen LogP contribution is 2.16. The molecule has 0 radical (unpaired) electrons. The predicted molar refractivity (Wildman–Crippen MR) is 90.5 cm³/mol. The van der Waals surface area contributed by atoms with Crippen molar-refractivity contribution in [2.45, 2.75) is 6.92 Å². The van der Waals surface area contributed by atoms with Crippen molar-refractivity contribution in [1.82, 2.24) is 9.80 Å². The van der Waals surface area contributed by atoms with Gasteiger partial charge in [-0.2, -0.15) is 0 Å². The summed E-state index contributed by atoms with van der Waals surface area (Å²) >= 11 is 1.29. The molecule has 0 bridgehead atoms. The van der Waals surface area contributed by atoms with Gasteiger partial charge in [0.05, 0.1) is 6.26 Å². The Morgan fingerprint density at radius 2 is 1.88 bits per heavy atom. The molecule has 7 nitrogen and oxygen atoms in total. The van der Waals surface area contributed by atoms with Crippen molar-refractivity contribution in [2.75, 3.05) is 32.8 Å². The van der Waals surface area contributed by atoms with E-state index in [0.717, 1.165) is 5.56 Å². The second-order valence-corrected chi connectivity index (χ2v) is 6.58. The van der Waals surface area contributed by atoms with Gasteiger partial charge >= 0.3 is 5.97 Å². The topological polar surface area (TPSA) is 80.1 Å². The summed E-state index contributed by atoms with van der Waals surface area (Å²) in [5.41, 5.74) is 0.840. The lowest BCUT2D eigenvalue weighted by molar-refractivity contribution is -0.136. The van der Waals surface area contributed by atoms with Crippen LogP contribution in [0, 0.1) is 6.92 Å². The molecule has 3 rings (SSSR count). The number of carbonyl (C=O) groups excluding carboxylic acids is 3. The number of rotatable bonds is 4. The summed E-state index contributed by atoms with van der Waals surface area (Å²) in [6, 6.07) is 5.11. The summed E-state index contributed by atoms with van der Waals surface area (Å²) in [4.78, 5) is 40.1. The highest BCUT2D eigenvalue weighted by Gasteiger charge is 2.26. The van der Waals surface area contributed by atoms with Gasteiger partial charge < -0.3 is 19.0 Å². The van der Waals surface area contributed by atoms with Gasteiger partial charge in [0.2, 0.25) is 0 Å². The minimum Gasteiger partial charge on any atom is -0.459 e. The molecule has 0 unspecified atom stereocenters. The molecule has 2 aromatic heterocycles. The molecule has 132 valence electrons. The van der Waals surface area contributed by atoms with Gasteiger partial charge in [-0.3, -0.25) is 9.59 Å². The molecule has 0 spiro atoms. The molecule has 1 aliphatic rings. The smallest absolute Gasteiger partial charge is 0.349 e. The largest absolute Gasteiger partial charge is 0.459 e. The molecule has 3 heterocycles. The molecule has 0 aliphatic carbocycles. The van der Waals surface area contributed by atoms with Crippen LogP contribution in [0.25, 0.3) is 0 Å². The van der Waals surface area contributed by atoms with Gasteiger partial charge in [-0.05, 0) is 36.1 Å². The summed E-state index contributed by atoms with van der Waals surface area (Å²) in [7, 11) is 0. The third-order valence-corrected chi connectivity index (χ3v) is 5.02. The molecule has 2 amide bonds. The number of thiophene rings is 1. The van der Waals surface area contributed by atoms with Crippen LogP contribution in [0.5, 0.6) is 0 Å². The molecule has 1 fully saturated rings. The van der Waals surface area contributed by atoms with Gasteiger partial charge in [0.15, 0.2) is 12.4 Å². The van der Waals surface area contributed by atoms with Crippen molar-refractivity contribution in [1.29, 1.82) is 0 Å². The number of ether oxygens (including phenoxy) is 1. The van der Waals surface area contributed by atoms with Crippen LogP contribution in [0.2, 0.25) is 0 Å². The number of hydrogen-bond acceptors (Lipinski definition) is 6. The first-order valence-corrected chi connectivity index (χ1v) is 8.76. The van der Waals surface area contributed by atoms with Gasteiger partial charge in [0.1, 0.15) is 4.88 Å². The third kappa shape index (κ3) is 3.90. The summed E-state index contributed by atoms with van der Waals surface area (Å²) in [5, 5.41) is 1.81. The van der Waals surface area contributed by atoms with Crippen LogP contribution in [0.1, 0.15) is 25.8 Å². The standard InChI is InChI=1S/C17H18N2O5S/c1-12-4-10-25-15(12)17(22)24-11-14(20)18-5-7-19(8-6-18)16(21)13-3-2-9-23-13/h2-4,9-10H,5-8,11H2,1H3. The summed E-state index contributed by atoms with van der Waals surface area (Å²) in [6.45, 7) is 3.18. The third-order valence-electron chi connectivity index (χ3n) is 4.03. The zero-order valence-corrected chi connectivity index (χ0v) is 14.6. The fourth-order valence-corrected chi connectivity index (χ4v) is 3.40. The summed E-state index contributed by atoms with van der Waals surface area (Å²) in [6.07, 6.45) is 1.46. The van der Waals surface area contributed by atoms with Gasteiger partial charge in [0, 0.05) is 26.2 Å². The number of nitrogens with zero attached hydrogens (tertiary/aromatic N) is 2. The van der Waals surface area contributed by atoms with Gasteiger partial charge in [-0.25, -0.2) is 4.79 Å². The van der Waals surface area contributed by atoms with E-state index >= 15 is 0 Å². The van der Waals surface area contributed by atoms with Crippen LogP contribution in [0.3, 0.4) is 0 Å². The Kier molecular flexibility index (Phi) is 5.18. The zero-order chi connectivity index (χ0) is 17.8. The Morgan fingerprint density at radius 3 is 2.48 bits per heavy atom. The number of carbonyl (C=O) groups is 3. The summed E-state index contributed by atoms with van der Waals surface area (Å²) < 4.78 is 10.2. The fourth-order valence-electron chi connectivity index (χ4n) is 2.58. The van der Waals surface area contributed by atoms with Crippen molar-refractivity contribution in [3.8, 4) is 0 Å². The predicted octanol–water partition coefficient (Wildman–Crippen LogP) is 1.79. The molecule has 25 heavy (non-hydrogen) atoms. The Labute approximate surface area is 148 Å². The number of amides is 2. The van der Waals surface area contributed by atoms with Gasteiger partial charge in [0.25, 0.3) is 11.8 Å². The highest BCUT2D eigenvalue weighted by molar-refractivity contribution is 7.12. The van der Waals surface area contributed by atoms with Crippen molar-refractivity contribution < 1.29 is 23.5 Å². The van der Waals surface area contributed by atoms with E-state index in [1.165, 1.54) is 17.6 Å². The Bertz CT molecular complexity index is 760. The van der Waals surface area contributed by atoms with E-state index in [4.69, 9.17) is 9.15 Å². The summed E-state index contributed by atoms with van der Waals surface area (Å²) in [5.74, 6) is -0.628. The van der Waals surface area contributed by atoms with Crippen LogP contribution in [-0.2, 0) is 9.53 Å². The van der Waals surface area contributed by atoms with Crippen LogP contribution in [-0.4, -0.2) is 60.4 Å². The average Bonchev–Trinajstić information content (AvgIpc) is 3.30. The SMILES string of the molecule is Cc1ccsc1C(=O)OCC(=O)N1CCN(C(=O)c2ccco2)CC1. The molecule has 1 aliphatic heterocycles. The number of furan rings is 1. The molecular weight excluding hydrogens is 344 g/mol. The Hall–Kier alpha value is -2.61. The first-order chi connectivity index (χ1) is 12.1. The first kappa shape index (κ1) is 17.2. The van der Waals surface area contributed by atoms with Crippen LogP contribution in [0.4, 0.5) is 0 Å².